The van der Waals surface area contributed by atoms with Gasteiger partial charge in [-0.25, -0.2) is 0 Å². The summed E-state index contributed by atoms with van der Waals surface area (Å²) in [6, 6.07) is 99.2. The molecule has 0 spiro atoms. The Bertz CT molecular complexity index is 5430. The highest BCUT2D eigenvalue weighted by Crippen LogP contribution is 2.52. The lowest BCUT2D eigenvalue weighted by Gasteiger charge is -2.45. The standard InChI is InChI=1S/C96H92BN3/c1-91(2,3)71-37-27-64(28-38-71)70-58-88-90-89(59-70)99(74-41-31-63(32-42-74)68-34-45-79-81(56-68)96(13,14)52-50-94(79,9)10)87-60-75(100-84-26-19-18-25-76(84)77-54-66(35-47-85(77)100)61-21-16-15-17-22-61)43-46-82(87)97(90)83-57-69(65-23-20-24-72(53-65)92(4,5)6)36-48-86(83)98(88)73-39-29-62(30-40-73)67-33-44-78-80(55-67)95(11,12)51-49-93(78,7)8/h15-48,53-60H,49-52H2,1-14H3. The Morgan fingerprint density at radius 1 is 0.280 bits per heavy atom. The number of aromatic nitrogens is 1. The number of fused-ring (bicyclic) bond motifs is 9. The fourth-order valence-corrected chi connectivity index (χ4v) is 17.6. The topological polar surface area (TPSA) is 11.4 Å². The van der Waals surface area contributed by atoms with Gasteiger partial charge in [0.25, 0.3) is 6.71 Å². The van der Waals surface area contributed by atoms with Crippen LogP contribution in [0.15, 0.2) is 255 Å². The van der Waals surface area contributed by atoms with Crippen LogP contribution >= 0.6 is 0 Å². The largest absolute Gasteiger partial charge is 0.311 e. The van der Waals surface area contributed by atoms with Crippen molar-refractivity contribution in [3.05, 3.63) is 288 Å². The lowest BCUT2D eigenvalue weighted by atomic mass is 9.33. The monoisotopic (exact) mass is 1300 g/mol. The van der Waals surface area contributed by atoms with Crippen molar-refractivity contribution < 1.29 is 0 Å². The molecule has 0 radical (unpaired) electrons. The Kier molecular flexibility index (Phi) is 14.5. The third-order valence-electron chi connectivity index (χ3n) is 23.9. The fraction of sp³-hybridized carbons (Fsp3) is 0.250. The lowest BCUT2D eigenvalue weighted by Crippen LogP contribution is -2.61. The molecule has 4 heteroatoms. The average Bonchev–Trinajstić information content (AvgIpc) is 0.725. The van der Waals surface area contributed by atoms with Crippen LogP contribution in [0.1, 0.15) is 156 Å². The van der Waals surface area contributed by atoms with Crippen LogP contribution in [0.25, 0.3) is 83.1 Å². The number of para-hydroxylation sites is 1. The summed E-state index contributed by atoms with van der Waals surface area (Å²) in [7, 11) is 0. The Balaban J connectivity index is 0.921. The van der Waals surface area contributed by atoms with Gasteiger partial charge in [-0.1, -0.05) is 279 Å². The van der Waals surface area contributed by atoms with Crippen molar-refractivity contribution in [2.75, 3.05) is 9.80 Å². The maximum absolute atomic E-state index is 2.63. The van der Waals surface area contributed by atoms with Crippen molar-refractivity contribution in [3.8, 4) is 61.3 Å². The molecule has 0 saturated carbocycles. The van der Waals surface area contributed by atoms with Crippen LogP contribution < -0.4 is 26.2 Å². The number of nitrogens with zero attached hydrogens (tertiary/aromatic N) is 3. The maximum Gasteiger partial charge on any atom is 0.252 e. The summed E-state index contributed by atoms with van der Waals surface area (Å²) < 4.78 is 2.51. The Morgan fingerprint density at radius 3 is 1.31 bits per heavy atom. The van der Waals surface area contributed by atoms with E-state index in [9.17, 15) is 0 Å². The van der Waals surface area contributed by atoms with Crippen molar-refractivity contribution in [1.82, 2.24) is 4.57 Å². The SMILES string of the molecule is CC(C)(C)c1ccc(-c2cc3c4c(c2)N(c2ccc(-c5ccc6c(c5)C(C)(C)CCC6(C)C)cc2)c2cc(-n5c6ccccc6c6cc(-c7ccccc7)ccc65)ccc2B4c2cc(-c4cccc(C(C)(C)C)c4)ccc2N3c2ccc(-c3ccc4c(c3)C(C)(C)CCC4(C)C)cc2)cc1. The molecule has 494 valence electrons. The van der Waals surface area contributed by atoms with Gasteiger partial charge in [-0.15, -0.1) is 0 Å². The van der Waals surface area contributed by atoms with Gasteiger partial charge in [0, 0.05) is 50.6 Å². The number of benzene rings is 12. The molecule has 0 saturated heterocycles. The molecule has 1 aromatic heterocycles. The van der Waals surface area contributed by atoms with Gasteiger partial charge < -0.3 is 14.4 Å². The maximum atomic E-state index is 2.63. The minimum atomic E-state index is -0.143. The van der Waals surface area contributed by atoms with E-state index in [1.807, 2.05) is 0 Å². The van der Waals surface area contributed by atoms with Crippen molar-refractivity contribution in [2.45, 2.75) is 155 Å². The van der Waals surface area contributed by atoms with Gasteiger partial charge in [0.05, 0.1) is 11.0 Å². The summed E-state index contributed by atoms with van der Waals surface area (Å²) in [5, 5.41) is 2.47. The van der Waals surface area contributed by atoms with Gasteiger partial charge >= 0.3 is 0 Å². The molecule has 100 heavy (non-hydrogen) atoms. The summed E-state index contributed by atoms with van der Waals surface area (Å²) in [4.78, 5) is 5.24. The average molecular weight is 1300 g/mol. The first-order chi connectivity index (χ1) is 47.8. The highest BCUT2D eigenvalue weighted by atomic mass is 15.2. The van der Waals surface area contributed by atoms with E-state index in [0.29, 0.717) is 0 Å². The molecule has 0 fully saturated rings. The first kappa shape index (κ1) is 63.5. The number of hydrogen-bond acceptors (Lipinski definition) is 2. The highest BCUT2D eigenvalue weighted by molar-refractivity contribution is 7.00. The number of rotatable bonds is 8. The molecule has 0 bridgehead atoms. The minimum absolute atomic E-state index is 0.00406. The molecule has 17 rings (SSSR count). The van der Waals surface area contributed by atoms with Crippen LogP contribution in [-0.4, -0.2) is 11.3 Å². The third-order valence-corrected chi connectivity index (χ3v) is 23.9. The van der Waals surface area contributed by atoms with Gasteiger partial charge in [0.15, 0.2) is 0 Å². The second kappa shape index (κ2) is 22.8. The third kappa shape index (κ3) is 10.5. The van der Waals surface area contributed by atoms with E-state index in [-0.39, 0.29) is 39.2 Å². The van der Waals surface area contributed by atoms with Crippen LogP contribution in [0.5, 0.6) is 0 Å². The molecule has 4 aliphatic rings. The molecule has 2 aliphatic carbocycles. The van der Waals surface area contributed by atoms with Crippen molar-refractivity contribution >= 4 is 79.0 Å². The summed E-state index contributed by atoms with van der Waals surface area (Å²) in [5.74, 6) is 0. The molecule has 0 unspecified atom stereocenters. The van der Waals surface area contributed by atoms with Crippen LogP contribution in [0, 0.1) is 0 Å². The molecule has 3 nitrogen and oxygen atoms in total. The minimum Gasteiger partial charge on any atom is -0.311 e. The first-order valence-corrected chi connectivity index (χ1v) is 36.7. The summed E-state index contributed by atoms with van der Waals surface area (Å²) in [5.41, 5.74) is 35.5. The van der Waals surface area contributed by atoms with E-state index >= 15 is 0 Å². The van der Waals surface area contributed by atoms with Crippen LogP contribution in [0.4, 0.5) is 34.1 Å². The second-order valence-corrected chi connectivity index (χ2v) is 34.3. The summed E-state index contributed by atoms with van der Waals surface area (Å²) in [6.45, 7) is 33.2. The molecule has 0 atom stereocenters. The zero-order chi connectivity index (χ0) is 69.2. The predicted octanol–water partition coefficient (Wildman–Crippen LogP) is 24.5. The molecule has 0 N–H and O–H groups in total. The van der Waals surface area contributed by atoms with Crippen LogP contribution in [-0.2, 0) is 32.5 Å². The lowest BCUT2D eigenvalue weighted by molar-refractivity contribution is 0.332. The van der Waals surface area contributed by atoms with Crippen molar-refractivity contribution in [3.63, 3.8) is 0 Å². The zero-order valence-corrected chi connectivity index (χ0v) is 61.0. The molecular weight excluding hydrogens is 1210 g/mol. The number of hydrogen-bond donors (Lipinski definition) is 0. The van der Waals surface area contributed by atoms with Gasteiger partial charge in [0.2, 0.25) is 0 Å². The molecular formula is C96H92BN3. The van der Waals surface area contributed by atoms with Gasteiger partial charge in [-0.2, -0.15) is 0 Å². The quantitative estimate of drug-likeness (QED) is 0.141. The molecule has 2 aliphatic heterocycles. The molecule has 12 aromatic carbocycles. The van der Waals surface area contributed by atoms with E-state index in [0.717, 1.165) is 17.1 Å². The van der Waals surface area contributed by atoms with Gasteiger partial charge in [-0.3, -0.25) is 0 Å². The van der Waals surface area contributed by atoms with Gasteiger partial charge in [0.1, 0.15) is 0 Å². The smallest absolute Gasteiger partial charge is 0.252 e. The van der Waals surface area contributed by atoms with E-state index in [1.54, 1.807) is 0 Å². The highest BCUT2D eigenvalue weighted by Gasteiger charge is 2.45. The van der Waals surface area contributed by atoms with E-state index < -0.39 is 0 Å². The predicted molar refractivity (Wildman–Crippen MR) is 430 cm³/mol. The molecule has 13 aromatic rings. The molecule has 0 amide bonds. The first-order valence-electron chi connectivity index (χ1n) is 36.7. The fourth-order valence-electron chi connectivity index (χ4n) is 17.6. The van der Waals surface area contributed by atoms with E-state index in [2.05, 4.69) is 366 Å². The molecule has 3 heterocycles. The van der Waals surface area contributed by atoms with Crippen LogP contribution in [0.3, 0.4) is 0 Å². The van der Waals surface area contributed by atoms with Gasteiger partial charge in [-0.05, 0) is 236 Å². The zero-order valence-electron chi connectivity index (χ0n) is 61.0. The Hall–Kier alpha value is -9.90. The second-order valence-electron chi connectivity index (χ2n) is 34.3. The Labute approximate surface area is 594 Å². The van der Waals surface area contributed by atoms with Crippen molar-refractivity contribution in [2.24, 2.45) is 0 Å². The van der Waals surface area contributed by atoms with E-state index in [4.69, 9.17) is 0 Å². The van der Waals surface area contributed by atoms with Crippen LogP contribution in [0.2, 0.25) is 0 Å². The number of anilines is 6. The summed E-state index contributed by atoms with van der Waals surface area (Å²) in [6.07, 6.45) is 4.73. The summed E-state index contributed by atoms with van der Waals surface area (Å²) >= 11 is 0. The van der Waals surface area contributed by atoms with E-state index in [1.165, 1.54) is 176 Å². The Morgan fingerprint density at radius 2 is 0.720 bits per heavy atom. The normalized spacial score (nSPS) is 16.2. The van der Waals surface area contributed by atoms with Crippen molar-refractivity contribution in [1.29, 1.82) is 0 Å².